The molecular weight excluding hydrogens is 1050 g/mol. The highest BCUT2D eigenvalue weighted by Crippen LogP contribution is 2.48. The van der Waals surface area contributed by atoms with Gasteiger partial charge >= 0.3 is 0 Å². The van der Waals surface area contributed by atoms with Gasteiger partial charge < -0.3 is 0 Å². The van der Waals surface area contributed by atoms with Gasteiger partial charge in [0.15, 0.2) is 39.5 Å². The van der Waals surface area contributed by atoms with Crippen molar-refractivity contribution in [3.05, 3.63) is 296 Å². The van der Waals surface area contributed by atoms with Crippen molar-refractivity contribution in [2.75, 3.05) is 0 Å². The molecule has 0 fully saturated rings. The van der Waals surface area contributed by atoms with Crippen LogP contribution in [0.15, 0.2) is 274 Å². The van der Waals surface area contributed by atoms with Crippen molar-refractivity contribution < 1.29 is 0 Å². The average Bonchev–Trinajstić information content (AvgIpc) is 1.98. The first-order valence-corrected chi connectivity index (χ1v) is 27.7. The number of pyridine rings is 1. The quantitative estimate of drug-likeness (QED) is 0.107. The van der Waals surface area contributed by atoms with Gasteiger partial charge in [-0.25, -0.2) is 54.8 Å². The van der Waals surface area contributed by atoms with Gasteiger partial charge in [-0.3, -0.25) is 18.3 Å². The average molecular weight is 1100 g/mol. The van der Waals surface area contributed by atoms with Crippen molar-refractivity contribution in [1.82, 2.24) is 73.1 Å². The monoisotopic (exact) mass is 1100 g/mol. The van der Waals surface area contributed by atoms with Gasteiger partial charge in [0, 0.05) is 88.4 Å². The fourth-order valence-electron chi connectivity index (χ4n) is 11.9. The lowest BCUT2D eigenvalue weighted by molar-refractivity contribution is 0.745. The number of hydrogen-bond acceptors (Lipinski definition) is 11. The smallest absolute Gasteiger partial charge is 0.198 e. The van der Waals surface area contributed by atoms with Crippen molar-refractivity contribution in [2.24, 2.45) is 0 Å². The second-order valence-electron chi connectivity index (χ2n) is 20.4. The van der Waals surface area contributed by atoms with Crippen molar-refractivity contribution in [2.45, 2.75) is 5.41 Å². The molecule has 15 nitrogen and oxygen atoms in total. The van der Waals surface area contributed by atoms with E-state index >= 15 is 0 Å². The molecule has 0 bridgehead atoms. The Morgan fingerprint density at radius 1 is 0.224 bits per heavy atom. The van der Waals surface area contributed by atoms with E-state index in [1.165, 1.54) is 0 Å². The zero-order valence-corrected chi connectivity index (χ0v) is 45.2. The Kier molecular flexibility index (Phi) is 11.6. The SMILES string of the molecule is c1ccc(-n2c(-c3ccc(C(c4ccc(-c5nc6nccnc6n5-c5ccccc5)cc4)(c4ccc(-c5nc6nccnc6n5-c5ccccc5)cc4)c4ccc(-c5nc6nccnc6n5-c5ccccc5)cc4)cc3)nc3cccnc32)cc1. The summed E-state index contributed by atoms with van der Waals surface area (Å²) in [6.07, 6.45) is 12.0. The third-order valence-electron chi connectivity index (χ3n) is 15.7. The molecule has 0 unspecified atom stereocenters. The molecule has 8 aromatic heterocycles. The molecule has 0 N–H and O–H groups in total. The van der Waals surface area contributed by atoms with Crippen molar-refractivity contribution in [3.63, 3.8) is 0 Å². The Balaban J connectivity index is 0.930. The molecule has 0 aliphatic carbocycles. The summed E-state index contributed by atoms with van der Waals surface area (Å²) in [5.74, 6) is 2.92. The fraction of sp³-hybridized carbons (Fsp3) is 0.0143. The lowest BCUT2D eigenvalue weighted by Gasteiger charge is -2.37. The molecule has 0 amide bonds. The summed E-state index contributed by atoms with van der Waals surface area (Å²) in [7, 11) is 0. The molecule has 0 atom stereocenters. The van der Waals surface area contributed by atoms with Gasteiger partial charge in [0.1, 0.15) is 28.8 Å². The number of para-hydroxylation sites is 4. The van der Waals surface area contributed by atoms with Crippen LogP contribution in [0.5, 0.6) is 0 Å². The molecule has 400 valence electrons. The summed E-state index contributed by atoms with van der Waals surface area (Å²) in [6, 6.07) is 79.8. The normalized spacial score (nSPS) is 11.8. The molecule has 0 aliphatic heterocycles. The maximum absolute atomic E-state index is 5.23. The van der Waals surface area contributed by atoms with E-state index in [9.17, 15) is 0 Å². The minimum Gasteiger partial charge on any atom is -0.277 e. The van der Waals surface area contributed by atoms with Crippen molar-refractivity contribution in [1.29, 1.82) is 0 Å². The molecule has 85 heavy (non-hydrogen) atoms. The Hall–Kier alpha value is -12.0. The number of aromatic nitrogens is 15. The van der Waals surface area contributed by atoms with E-state index in [1.807, 2.05) is 91.1 Å². The maximum atomic E-state index is 5.23. The molecule has 8 aromatic carbocycles. The molecule has 0 saturated carbocycles. The second-order valence-corrected chi connectivity index (χ2v) is 20.4. The van der Waals surface area contributed by atoms with Crippen LogP contribution in [0.1, 0.15) is 22.3 Å². The molecule has 0 radical (unpaired) electrons. The first-order valence-electron chi connectivity index (χ1n) is 27.7. The van der Waals surface area contributed by atoms with Gasteiger partial charge in [0.25, 0.3) is 0 Å². The number of nitrogens with zero attached hydrogens (tertiary/aromatic N) is 15. The summed E-state index contributed by atoms with van der Waals surface area (Å²) in [5.41, 5.74) is 15.6. The fourth-order valence-corrected chi connectivity index (χ4v) is 11.9. The largest absolute Gasteiger partial charge is 0.277 e. The molecule has 8 heterocycles. The van der Waals surface area contributed by atoms with Crippen molar-refractivity contribution in [3.8, 4) is 68.3 Å². The van der Waals surface area contributed by atoms with E-state index in [0.717, 1.165) is 84.2 Å². The number of imidazole rings is 4. The lowest BCUT2D eigenvalue weighted by atomic mass is 9.64. The van der Waals surface area contributed by atoms with E-state index in [4.69, 9.17) is 39.9 Å². The highest BCUT2D eigenvalue weighted by molar-refractivity contribution is 5.83. The molecule has 0 aliphatic rings. The highest BCUT2D eigenvalue weighted by atomic mass is 15.2. The standard InChI is InChI=1S/C70H45N15/c1-5-14-54(15-6-1)82-62(78-58-22-13-39-74-66(58)82)46-23-31-50(32-24-46)70(51-33-25-47(26-34-51)63-79-59-67(75-43-40-71-59)83(63)55-16-7-2-8-17-55,52-35-27-48(28-36-52)64-80-60-68(76-44-41-72-60)84(64)56-18-9-3-10-19-56)53-37-29-49(30-38-53)65-81-61-69(77-45-42-73-61)85(65)57-20-11-4-12-21-57/h1-45H. The number of rotatable bonds is 12. The number of hydrogen-bond donors (Lipinski definition) is 0. The number of benzene rings is 8. The predicted molar refractivity (Wildman–Crippen MR) is 330 cm³/mol. The van der Waals surface area contributed by atoms with E-state index in [-0.39, 0.29) is 0 Å². The maximum Gasteiger partial charge on any atom is 0.198 e. The van der Waals surface area contributed by atoms with Crippen LogP contribution >= 0.6 is 0 Å². The zero-order valence-electron chi connectivity index (χ0n) is 45.2. The van der Waals surface area contributed by atoms with Crippen molar-refractivity contribution >= 4 is 45.0 Å². The summed E-state index contributed by atoms with van der Waals surface area (Å²) in [4.78, 5) is 53.7. The van der Waals surface area contributed by atoms with Crippen LogP contribution < -0.4 is 0 Å². The zero-order chi connectivity index (χ0) is 56.3. The minimum atomic E-state index is -0.983. The van der Waals surface area contributed by atoms with Gasteiger partial charge in [-0.05, 0) is 82.9 Å². The molecule has 16 rings (SSSR count). The molecule has 0 spiro atoms. The van der Waals surface area contributed by atoms with Crippen LogP contribution in [0.3, 0.4) is 0 Å². The van der Waals surface area contributed by atoms with Gasteiger partial charge in [-0.2, -0.15) is 0 Å². The first-order chi connectivity index (χ1) is 42.2. The Morgan fingerprint density at radius 2 is 0.494 bits per heavy atom. The lowest BCUT2D eigenvalue weighted by Crippen LogP contribution is -2.31. The topological polar surface area (TPSA) is 162 Å². The van der Waals surface area contributed by atoms with Gasteiger partial charge in [0.2, 0.25) is 0 Å². The van der Waals surface area contributed by atoms with Crippen LogP contribution in [-0.2, 0) is 5.41 Å². The van der Waals surface area contributed by atoms with Crippen LogP contribution in [-0.4, -0.2) is 73.1 Å². The van der Waals surface area contributed by atoms with Gasteiger partial charge in [-0.15, -0.1) is 0 Å². The van der Waals surface area contributed by atoms with E-state index in [2.05, 4.69) is 179 Å². The van der Waals surface area contributed by atoms with E-state index in [1.54, 1.807) is 37.2 Å². The van der Waals surface area contributed by atoms with Crippen LogP contribution in [0.4, 0.5) is 0 Å². The third kappa shape index (κ3) is 8.16. The van der Waals surface area contributed by atoms with Gasteiger partial charge in [0.05, 0.1) is 5.41 Å². The predicted octanol–water partition coefficient (Wildman–Crippen LogP) is 13.9. The Bertz CT molecular complexity index is 4430. The van der Waals surface area contributed by atoms with Gasteiger partial charge in [-0.1, -0.05) is 170 Å². The molecule has 15 heteroatoms. The summed E-state index contributed by atoms with van der Waals surface area (Å²) in [5, 5.41) is 0. The van der Waals surface area contributed by atoms with E-state index < -0.39 is 5.41 Å². The minimum absolute atomic E-state index is 0.552. The van der Waals surface area contributed by atoms with Crippen LogP contribution in [0, 0.1) is 0 Å². The van der Waals surface area contributed by atoms with Crippen LogP contribution in [0.2, 0.25) is 0 Å². The van der Waals surface area contributed by atoms with E-state index in [0.29, 0.717) is 51.4 Å². The first kappa shape index (κ1) is 48.9. The second kappa shape index (κ2) is 20.2. The summed E-state index contributed by atoms with van der Waals surface area (Å²) >= 11 is 0. The molecular formula is C70H45N15. The Morgan fingerprint density at radius 3 is 0.812 bits per heavy atom. The number of fused-ring (bicyclic) bond motifs is 4. The Labute approximate surface area is 485 Å². The summed E-state index contributed by atoms with van der Waals surface area (Å²) < 4.78 is 8.34. The molecule has 16 aromatic rings. The third-order valence-corrected chi connectivity index (χ3v) is 15.7. The molecule has 0 saturated heterocycles. The summed E-state index contributed by atoms with van der Waals surface area (Å²) in [6.45, 7) is 0. The van der Waals surface area contributed by atoms with Crippen LogP contribution in [0.25, 0.3) is 113 Å². The highest BCUT2D eigenvalue weighted by Gasteiger charge is 2.39.